The number of amides is 1. The molecule has 2 aromatic heterocycles. The van der Waals surface area contributed by atoms with E-state index in [0.717, 1.165) is 34.7 Å². The molecule has 0 aliphatic rings. The van der Waals surface area contributed by atoms with Gasteiger partial charge in [0.05, 0.1) is 30.6 Å². The first-order chi connectivity index (χ1) is 10.9. The number of hydrogen-bond acceptors (Lipinski definition) is 5. The molecule has 0 saturated heterocycles. The molecule has 0 saturated carbocycles. The SMILES string of the molecule is COc1c(C)cnc(CN(C)C(=O)CCc2scnc2C)c1C. The highest BCUT2D eigenvalue weighted by molar-refractivity contribution is 7.09. The minimum absolute atomic E-state index is 0.110. The lowest BCUT2D eigenvalue weighted by atomic mass is 10.1. The predicted molar refractivity (Wildman–Crippen MR) is 91.9 cm³/mol. The molecule has 0 spiro atoms. The zero-order valence-corrected chi connectivity index (χ0v) is 15.2. The minimum atomic E-state index is 0.110. The lowest BCUT2D eigenvalue weighted by molar-refractivity contribution is -0.130. The first kappa shape index (κ1) is 17.4. The highest BCUT2D eigenvalue weighted by atomic mass is 32.1. The van der Waals surface area contributed by atoms with Gasteiger partial charge in [0.1, 0.15) is 5.75 Å². The minimum Gasteiger partial charge on any atom is -0.496 e. The summed E-state index contributed by atoms with van der Waals surface area (Å²) in [5.41, 5.74) is 5.71. The molecular weight excluding hydrogens is 310 g/mol. The maximum Gasteiger partial charge on any atom is 0.223 e. The summed E-state index contributed by atoms with van der Waals surface area (Å²) in [7, 11) is 3.47. The Morgan fingerprint density at radius 2 is 2.04 bits per heavy atom. The number of carbonyl (C=O) groups excluding carboxylic acids is 1. The Labute approximate surface area is 141 Å². The van der Waals surface area contributed by atoms with Gasteiger partial charge in [-0.1, -0.05) is 0 Å². The fraction of sp³-hybridized carbons (Fsp3) is 0.471. The fourth-order valence-electron chi connectivity index (χ4n) is 2.52. The standard InChI is InChI=1S/C17H23N3O2S/c1-11-8-18-14(12(2)17(11)22-5)9-20(4)16(21)7-6-15-13(3)19-10-23-15/h8,10H,6-7,9H2,1-5H3. The number of carbonyl (C=O) groups is 1. The molecule has 1 amide bonds. The highest BCUT2D eigenvalue weighted by Gasteiger charge is 2.15. The predicted octanol–water partition coefficient (Wildman–Crippen LogP) is 3.06. The van der Waals surface area contributed by atoms with Gasteiger partial charge in [0, 0.05) is 35.7 Å². The molecule has 23 heavy (non-hydrogen) atoms. The van der Waals surface area contributed by atoms with E-state index in [1.807, 2.05) is 33.3 Å². The van der Waals surface area contributed by atoms with Gasteiger partial charge in [-0.3, -0.25) is 9.78 Å². The van der Waals surface area contributed by atoms with Crippen molar-refractivity contribution in [3.8, 4) is 5.75 Å². The van der Waals surface area contributed by atoms with Crippen molar-refractivity contribution in [1.82, 2.24) is 14.9 Å². The number of pyridine rings is 1. The number of methoxy groups -OCH3 is 1. The average molecular weight is 333 g/mol. The zero-order valence-electron chi connectivity index (χ0n) is 14.3. The highest BCUT2D eigenvalue weighted by Crippen LogP contribution is 2.24. The molecule has 124 valence electrons. The van der Waals surface area contributed by atoms with Gasteiger partial charge in [0.25, 0.3) is 0 Å². The molecule has 6 heteroatoms. The molecule has 0 atom stereocenters. The summed E-state index contributed by atoms with van der Waals surface area (Å²) < 4.78 is 5.42. The summed E-state index contributed by atoms with van der Waals surface area (Å²) in [6, 6.07) is 0. The van der Waals surface area contributed by atoms with E-state index in [4.69, 9.17) is 4.74 Å². The monoisotopic (exact) mass is 333 g/mol. The van der Waals surface area contributed by atoms with E-state index in [2.05, 4.69) is 9.97 Å². The van der Waals surface area contributed by atoms with Crippen LogP contribution in [-0.2, 0) is 17.8 Å². The molecule has 0 aromatic carbocycles. The van der Waals surface area contributed by atoms with E-state index in [1.54, 1.807) is 29.5 Å². The van der Waals surface area contributed by atoms with Crippen molar-refractivity contribution in [3.63, 3.8) is 0 Å². The van der Waals surface area contributed by atoms with E-state index < -0.39 is 0 Å². The van der Waals surface area contributed by atoms with Crippen LogP contribution in [0.25, 0.3) is 0 Å². The second-order valence-corrected chi connectivity index (χ2v) is 6.60. The first-order valence-corrected chi connectivity index (χ1v) is 8.44. The molecule has 0 bridgehead atoms. The maximum atomic E-state index is 12.3. The Kier molecular flexibility index (Phi) is 5.71. The second-order valence-electron chi connectivity index (χ2n) is 5.66. The first-order valence-electron chi connectivity index (χ1n) is 7.56. The Balaban J connectivity index is 2.00. The van der Waals surface area contributed by atoms with Crippen molar-refractivity contribution in [1.29, 1.82) is 0 Å². The normalized spacial score (nSPS) is 10.7. The van der Waals surface area contributed by atoms with Crippen molar-refractivity contribution < 1.29 is 9.53 Å². The molecule has 0 N–H and O–H groups in total. The van der Waals surface area contributed by atoms with Crippen LogP contribution in [0.3, 0.4) is 0 Å². The lowest BCUT2D eigenvalue weighted by Gasteiger charge is -2.19. The summed E-state index contributed by atoms with van der Waals surface area (Å²) in [5, 5.41) is 0. The number of hydrogen-bond donors (Lipinski definition) is 0. The largest absolute Gasteiger partial charge is 0.496 e. The third kappa shape index (κ3) is 4.07. The van der Waals surface area contributed by atoms with Gasteiger partial charge < -0.3 is 9.64 Å². The zero-order chi connectivity index (χ0) is 17.0. The summed E-state index contributed by atoms with van der Waals surface area (Å²) in [6.07, 6.45) is 3.02. The molecule has 0 unspecified atom stereocenters. The van der Waals surface area contributed by atoms with E-state index in [1.165, 1.54) is 4.88 Å². The number of ether oxygens (including phenoxy) is 1. The van der Waals surface area contributed by atoms with Crippen LogP contribution in [0.5, 0.6) is 5.75 Å². The van der Waals surface area contributed by atoms with Gasteiger partial charge in [-0.2, -0.15) is 0 Å². The van der Waals surface area contributed by atoms with Crippen LogP contribution < -0.4 is 4.74 Å². The second kappa shape index (κ2) is 7.55. The summed E-state index contributed by atoms with van der Waals surface area (Å²) >= 11 is 1.61. The smallest absolute Gasteiger partial charge is 0.223 e. The maximum absolute atomic E-state index is 12.3. The topological polar surface area (TPSA) is 55.3 Å². The molecule has 0 aliphatic carbocycles. The van der Waals surface area contributed by atoms with Gasteiger partial charge in [-0.15, -0.1) is 11.3 Å². The Bertz CT molecular complexity index is 697. The third-order valence-corrected chi connectivity index (χ3v) is 4.97. The van der Waals surface area contributed by atoms with Gasteiger partial charge in [-0.25, -0.2) is 4.98 Å². The number of nitrogens with zero attached hydrogens (tertiary/aromatic N) is 3. The molecule has 2 heterocycles. The van der Waals surface area contributed by atoms with Crippen LogP contribution in [-0.4, -0.2) is 34.9 Å². The molecule has 0 fully saturated rings. The van der Waals surface area contributed by atoms with Gasteiger partial charge in [-0.05, 0) is 27.2 Å². The Morgan fingerprint density at radius 1 is 1.30 bits per heavy atom. The van der Waals surface area contributed by atoms with Crippen LogP contribution in [0.1, 0.15) is 33.8 Å². The molecular formula is C17H23N3O2S. The average Bonchev–Trinajstić information content (AvgIpc) is 2.93. The van der Waals surface area contributed by atoms with Crippen molar-refractivity contribution in [2.75, 3.05) is 14.2 Å². The van der Waals surface area contributed by atoms with E-state index in [-0.39, 0.29) is 5.91 Å². The molecule has 0 radical (unpaired) electrons. The molecule has 0 aliphatic heterocycles. The summed E-state index contributed by atoms with van der Waals surface area (Å²) in [4.78, 5) is 23.9. The van der Waals surface area contributed by atoms with Gasteiger partial charge in [0.2, 0.25) is 5.91 Å². The van der Waals surface area contributed by atoms with Crippen LogP contribution in [0.2, 0.25) is 0 Å². The Hall–Kier alpha value is -1.95. The van der Waals surface area contributed by atoms with E-state index >= 15 is 0 Å². The summed E-state index contributed by atoms with van der Waals surface area (Å²) in [6.45, 7) is 6.41. The Morgan fingerprint density at radius 3 is 2.65 bits per heavy atom. The van der Waals surface area contributed by atoms with Crippen LogP contribution >= 0.6 is 11.3 Å². The van der Waals surface area contributed by atoms with Crippen molar-refractivity contribution in [2.24, 2.45) is 0 Å². The van der Waals surface area contributed by atoms with Crippen molar-refractivity contribution in [2.45, 2.75) is 40.2 Å². The van der Waals surface area contributed by atoms with Gasteiger partial charge in [0.15, 0.2) is 0 Å². The number of aryl methyl sites for hydroxylation is 3. The van der Waals surface area contributed by atoms with Crippen molar-refractivity contribution in [3.05, 3.63) is 39.1 Å². The van der Waals surface area contributed by atoms with Crippen LogP contribution in [0.15, 0.2) is 11.7 Å². The molecule has 5 nitrogen and oxygen atoms in total. The van der Waals surface area contributed by atoms with E-state index in [0.29, 0.717) is 13.0 Å². The number of thiazole rings is 1. The van der Waals surface area contributed by atoms with E-state index in [9.17, 15) is 4.79 Å². The number of rotatable bonds is 6. The third-order valence-electron chi connectivity index (χ3n) is 3.97. The molecule has 2 aromatic rings. The fourth-order valence-corrected chi connectivity index (χ4v) is 3.30. The molecule has 2 rings (SSSR count). The lowest BCUT2D eigenvalue weighted by Crippen LogP contribution is -2.27. The summed E-state index contributed by atoms with van der Waals surface area (Å²) in [5.74, 6) is 0.953. The van der Waals surface area contributed by atoms with Crippen LogP contribution in [0.4, 0.5) is 0 Å². The van der Waals surface area contributed by atoms with Crippen molar-refractivity contribution >= 4 is 17.2 Å². The van der Waals surface area contributed by atoms with Crippen LogP contribution in [0, 0.1) is 20.8 Å². The number of aromatic nitrogens is 2. The quantitative estimate of drug-likeness (QED) is 0.815. The van der Waals surface area contributed by atoms with Gasteiger partial charge >= 0.3 is 0 Å².